The topological polar surface area (TPSA) is 95.6 Å². The Kier molecular flexibility index (Phi) is 6.69. The highest BCUT2D eigenvalue weighted by Gasteiger charge is 2.29. The van der Waals surface area contributed by atoms with Crippen LogP contribution in [0.2, 0.25) is 0 Å². The number of nitrogens with zero attached hydrogens (tertiary/aromatic N) is 1. The van der Waals surface area contributed by atoms with Crippen molar-refractivity contribution in [1.29, 1.82) is 0 Å². The summed E-state index contributed by atoms with van der Waals surface area (Å²) in [6.07, 6.45) is 2.78. The Morgan fingerprint density at radius 1 is 0.967 bits per heavy atom. The molecule has 158 valence electrons. The van der Waals surface area contributed by atoms with Crippen molar-refractivity contribution in [2.75, 3.05) is 23.7 Å². The van der Waals surface area contributed by atoms with Crippen molar-refractivity contribution in [3.63, 3.8) is 0 Å². The lowest BCUT2D eigenvalue weighted by molar-refractivity contribution is -0.116. The molecule has 2 N–H and O–H groups in total. The Balaban J connectivity index is 1.69. The SMILES string of the molecule is CCN(CC(=O)Nc1ccc(NC(C)=O)cc1)S(=O)(=O)C1=Cc2ccccc2CC1. The van der Waals surface area contributed by atoms with E-state index >= 15 is 0 Å². The molecule has 0 bridgehead atoms. The predicted molar refractivity (Wildman–Crippen MR) is 118 cm³/mol. The van der Waals surface area contributed by atoms with Crippen LogP contribution in [0, 0.1) is 0 Å². The first-order valence-electron chi connectivity index (χ1n) is 9.75. The second kappa shape index (κ2) is 9.23. The van der Waals surface area contributed by atoms with Crippen LogP contribution in [0.5, 0.6) is 0 Å². The van der Waals surface area contributed by atoms with E-state index in [1.165, 1.54) is 11.2 Å². The molecule has 1 aliphatic carbocycles. The van der Waals surface area contributed by atoms with Gasteiger partial charge >= 0.3 is 0 Å². The minimum absolute atomic E-state index is 0.185. The predicted octanol–water partition coefficient (Wildman–Crippen LogP) is 3.22. The van der Waals surface area contributed by atoms with Crippen molar-refractivity contribution in [2.24, 2.45) is 0 Å². The number of anilines is 2. The molecule has 30 heavy (non-hydrogen) atoms. The molecule has 2 aromatic carbocycles. The number of rotatable bonds is 7. The minimum atomic E-state index is -3.74. The van der Waals surface area contributed by atoms with Crippen LogP contribution in [0.15, 0.2) is 53.4 Å². The lowest BCUT2D eigenvalue weighted by Gasteiger charge is -2.24. The largest absolute Gasteiger partial charge is 0.326 e. The molecule has 0 heterocycles. The Hall–Kier alpha value is -2.97. The molecule has 0 spiro atoms. The fraction of sp³-hybridized carbons (Fsp3) is 0.273. The van der Waals surface area contributed by atoms with Crippen molar-refractivity contribution in [1.82, 2.24) is 4.31 Å². The average molecular weight is 428 g/mol. The summed E-state index contributed by atoms with van der Waals surface area (Å²) >= 11 is 0. The number of allylic oxidation sites excluding steroid dienone is 1. The number of carbonyl (C=O) groups is 2. The molecular formula is C22H25N3O4S. The molecule has 0 atom stereocenters. The van der Waals surface area contributed by atoms with Crippen LogP contribution in [-0.4, -0.2) is 37.6 Å². The fourth-order valence-electron chi connectivity index (χ4n) is 3.34. The van der Waals surface area contributed by atoms with Gasteiger partial charge in [0.1, 0.15) is 0 Å². The molecule has 0 aromatic heterocycles. The van der Waals surface area contributed by atoms with E-state index in [0.717, 1.165) is 11.1 Å². The first-order valence-corrected chi connectivity index (χ1v) is 11.2. The maximum Gasteiger partial charge on any atom is 0.239 e. The molecule has 0 aliphatic heterocycles. The number of sulfonamides is 1. The molecule has 8 heteroatoms. The van der Waals surface area contributed by atoms with Crippen LogP contribution in [0.25, 0.3) is 6.08 Å². The van der Waals surface area contributed by atoms with Crippen LogP contribution in [0.3, 0.4) is 0 Å². The second-order valence-electron chi connectivity index (χ2n) is 7.05. The van der Waals surface area contributed by atoms with Gasteiger partial charge in [-0.25, -0.2) is 8.42 Å². The number of hydrogen-bond donors (Lipinski definition) is 2. The van der Waals surface area contributed by atoms with E-state index in [9.17, 15) is 18.0 Å². The van der Waals surface area contributed by atoms with Crippen molar-refractivity contribution in [3.05, 3.63) is 64.6 Å². The highest BCUT2D eigenvalue weighted by atomic mass is 32.2. The summed E-state index contributed by atoms with van der Waals surface area (Å²) in [7, 11) is -3.74. The van der Waals surface area contributed by atoms with Gasteiger partial charge in [-0.05, 0) is 54.3 Å². The number of fused-ring (bicyclic) bond motifs is 1. The smallest absolute Gasteiger partial charge is 0.239 e. The highest BCUT2D eigenvalue weighted by Crippen LogP contribution is 2.28. The standard InChI is InChI=1S/C22H25N3O4S/c1-3-25(15-22(27)24-20-11-9-19(10-12-20)23-16(2)26)30(28,29)21-13-8-17-6-4-5-7-18(17)14-21/h4-7,9-12,14H,3,8,13,15H2,1-2H3,(H,23,26)(H,24,27). The Labute approximate surface area is 176 Å². The van der Waals surface area contributed by atoms with Gasteiger partial charge in [-0.3, -0.25) is 9.59 Å². The fourth-order valence-corrected chi connectivity index (χ4v) is 4.94. The Morgan fingerprint density at radius 3 is 2.23 bits per heavy atom. The van der Waals surface area contributed by atoms with Crippen molar-refractivity contribution >= 4 is 39.3 Å². The Bertz CT molecular complexity index is 1080. The average Bonchev–Trinajstić information content (AvgIpc) is 2.72. The summed E-state index contributed by atoms with van der Waals surface area (Å²) in [5.74, 6) is -0.611. The number of benzene rings is 2. The van der Waals surface area contributed by atoms with Crippen molar-refractivity contribution in [3.8, 4) is 0 Å². The number of amides is 2. The van der Waals surface area contributed by atoms with E-state index in [-0.39, 0.29) is 19.0 Å². The van der Waals surface area contributed by atoms with Gasteiger partial charge < -0.3 is 10.6 Å². The van der Waals surface area contributed by atoms with Gasteiger partial charge in [0.25, 0.3) is 0 Å². The van der Waals surface area contributed by atoms with Gasteiger partial charge in [0.05, 0.1) is 11.4 Å². The van der Waals surface area contributed by atoms with Crippen LogP contribution in [0.4, 0.5) is 11.4 Å². The van der Waals surface area contributed by atoms with Crippen LogP contribution in [-0.2, 0) is 26.0 Å². The van der Waals surface area contributed by atoms with Gasteiger partial charge in [0.2, 0.25) is 21.8 Å². The van der Waals surface area contributed by atoms with Gasteiger partial charge in [-0.15, -0.1) is 0 Å². The zero-order valence-corrected chi connectivity index (χ0v) is 17.8. The number of carbonyl (C=O) groups excluding carboxylic acids is 2. The van der Waals surface area contributed by atoms with E-state index in [1.54, 1.807) is 37.3 Å². The molecule has 0 saturated carbocycles. The minimum Gasteiger partial charge on any atom is -0.326 e. The lowest BCUT2D eigenvalue weighted by Crippen LogP contribution is -2.38. The summed E-state index contributed by atoms with van der Waals surface area (Å²) in [6.45, 7) is 3.04. The van der Waals surface area contributed by atoms with E-state index in [2.05, 4.69) is 10.6 Å². The maximum atomic E-state index is 13.1. The summed E-state index contributed by atoms with van der Waals surface area (Å²) in [6, 6.07) is 14.3. The quantitative estimate of drug-likeness (QED) is 0.709. The second-order valence-corrected chi connectivity index (χ2v) is 9.04. The summed E-state index contributed by atoms with van der Waals surface area (Å²) in [5.41, 5.74) is 3.16. The first-order chi connectivity index (χ1) is 14.3. The number of nitrogens with one attached hydrogen (secondary N) is 2. The van der Waals surface area contributed by atoms with Crippen LogP contribution < -0.4 is 10.6 Å². The summed E-state index contributed by atoms with van der Waals surface area (Å²) < 4.78 is 27.4. The molecule has 1 aliphatic rings. The van der Waals surface area contributed by atoms with Crippen molar-refractivity contribution < 1.29 is 18.0 Å². The third kappa shape index (κ3) is 5.14. The lowest BCUT2D eigenvalue weighted by atomic mass is 9.98. The van der Waals surface area contributed by atoms with E-state index < -0.39 is 15.9 Å². The number of likely N-dealkylation sites (N-methyl/N-ethyl adjacent to an activating group) is 1. The molecule has 0 fully saturated rings. The molecule has 3 rings (SSSR count). The first kappa shape index (κ1) is 21.7. The van der Waals surface area contributed by atoms with Crippen LogP contribution in [0.1, 0.15) is 31.4 Å². The molecule has 0 radical (unpaired) electrons. The van der Waals surface area contributed by atoms with E-state index in [0.29, 0.717) is 29.1 Å². The number of aryl methyl sites for hydroxylation is 1. The van der Waals surface area contributed by atoms with E-state index in [1.807, 2.05) is 24.3 Å². The molecule has 7 nitrogen and oxygen atoms in total. The van der Waals surface area contributed by atoms with Gasteiger partial charge in [-0.1, -0.05) is 31.2 Å². The zero-order chi connectivity index (χ0) is 21.7. The van der Waals surface area contributed by atoms with Crippen LogP contribution >= 0.6 is 0 Å². The summed E-state index contributed by atoms with van der Waals surface area (Å²) in [5, 5.41) is 5.35. The van der Waals surface area contributed by atoms with Gasteiger partial charge in [0.15, 0.2) is 0 Å². The molecular weight excluding hydrogens is 402 g/mol. The number of hydrogen-bond acceptors (Lipinski definition) is 4. The monoisotopic (exact) mass is 427 g/mol. The molecule has 2 aromatic rings. The zero-order valence-electron chi connectivity index (χ0n) is 17.0. The summed E-state index contributed by atoms with van der Waals surface area (Å²) in [4.78, 5) is 23.9. The maximum absolute atomic E-state index is 13.1. The molecule has 2 amide bonds. The highest BCUT2D eigenvalue weighted by molar-refractivity contribution is 7.93. The van der Waals surface area contributed by atoms with Gasteiger partial charge in [-0.2, -0.15) is 4.31 Å². The van der Waals surface area contributed by atoms with Crippen molar-refractivity contribution in [2.45, 2.75) is 26.7 Å². The third-order valence-electron chi connectivity index (χ3n) is 4.85. The molecule has 0 saturated heterocycles. The Morgan fingerprint density at radius 2 is 1.60 bits per heavy atom. The van der Waals surface area contributed by atoms with Gasteiger partial charge in [0, 0.05) is 24.8 Å². The van der Waals surface area contributed by atoms with E-state index in [4.69, 9.17) is 0 Å². The normalized spacial score (nSPS) is 13.4. The molecule has 0 unspecified atom stereocenters. The third-order valence-corrected chi connectivity index (χ3v) is 6.90.